The molecular formula is C16H18N2O3Si. The van der Waals surface area contributed by atoms with Crippen molar-refractivity contribution in [3.8, 4) is 6.07 Å². The number of hydrogen-bond acceptors (Lipinski definition) is 4. The van der Waals surface area contributed by atoms with Gasteiger partial charge in [0.2, 0.25) is 0 Å². The number of imide groups is 1. The van der Waals surface area contributed by atoms with E-state index in [0.717, 1.165) is 0 Å². The fraction of sp³-hybridized carbons (Fsp3) is 0.438. The number of amides is 2. The van der Waals surface area contributed by atoms with Gasteiger partial charge >= 0.3 is 0 Å². The molecule has 6 heteroatoms. The lowest BCUT2D eigenvalue weighted by Crippen LogP contribution is -2.59. The first-order valence-electron chi connectivity index (χ1n) is 7.35. The van der Waals surface area contributed by atoms with Gasteiger partial charge in [-0.15, -0.1) is 0 Å². The molecule has 22 heavy (non-hydrogen) atoms. The minimum atomic E-state index is -1.86. The van der Waals surface area contributed by atoms with Gasteiger partial charge in [0.05, 0.1) is 17.2 Å². The number of carbonyl (C=O) groups excluding carboxylic acids is 2. The minimum Gasteiger partial charge on any atom is -0.400 e. The van der Waals surface area contributed by atoms with Gasteiger partial charge in [-0.05, 0) is 31.8 Å². The second-order valence-corrected chi connectivity index (χ2v) is 11.3. The van der Waals surface area contributed by atoms with Crippen molar-refractivity contribution in [3.63, 3.8) is 0 Å². The summed E-state index contributed by atoms with van der Waals surface area (Å²) in [6.45, 7) is 6.09. The van der Waals surface area contributed by atoms with Gasteiger partial charge < -0.3 is 4.43 Å². The Kier molecular flexibility index (Phi) is 3.24. The number of rotatable bonds is 3. The molecule has 2 amide bonds. The monoisotopic (exact) mass is 314 g/mol. The zero-order valence-corrected chi connectivity index (χ0v) is 13.9. The van der Waals surface area contributed by atoms with Crippen LogP contribution >= 0.6 is 0 Å². The Labute approximate surface area is 130 Å². The fourth-order valence-corrected chi connectivity index (χ4v) is 4.59. The maximum Gasteiger partial charge on any atom is 0.261 e. The first kappa shape index (κ1) is 14.9. The van der Waals surface area contributed by atoms with Crippen LogP contribution in [0, 0.1) is 11.3 Å². The van der Waals surface area contributed by atoms with Crippen molar-refractivity contribution in [3.05, 3.63) is 35.4 Å². The molecule has 1 aromatic rings. The highest BCUT2D eigenvalue weighted by molar-refractivity contribution is 6.69. The summed E-state index contributed by atoms with van der Waals surface area (Å²) in [6.07, 6.45) is 0.804. The summed E-state index contributed by atoms with van der Waals surface area (Å²) in [4.78, 5) is 26.1. The van der Waals surface area contributed by atoms with E-state index in [-0.39, 0.29) is 17.9 Å². The summed E-state index contributed by atoms with van der Waals surface area (Å²) in [6, 6.07) is 8.84. The SMILES string of the molecule is C[Si](C)(C)OC1(C#N)CC(N2C(=O)c3ccccc3C2=O)C1. The lowest BCUT2D eigenvalue weighted by atomic mass is 9.76. The molecule has 1 aliphatic heterocycles. The van der Waals surface area contributed by atoms with E-state index in [1.165, 1.54) is 4.90 Å². The van der Waals surface area contributed by atoms with E-state index < -0.39 is 13.9 Å². The van der Waals surface area contributed by atoms with Crippen molar-refractivity contribution >= 4 is 20.1 Å². The van der Waals surface area contributed by atoms with Gasteiger partial charge in [0, 0.05) is 18.9 Å². The van der Waals surface area contributed by atoms with E-state index in [1.807, 2.05) is 19.6 Å². The molecule has 5 nitrogen and oxygen atoms in total. The molecule has 2 aliphatic rings. The van der Waals surface area contributed by atoms with Crippen molar-refractivity contribution in [1.29, 1.82) is 5.26 Å². The molecule has 0 unspecified atom stereocenters. The lowest BCUT2D eigenvalue weighted by Gasteiger charge is -2.48. The first-order chi connectivity index (χ1) is 10.3. The fourth-order valence-electron chi connectivity index (χ4n) is 3.21. The maximum atomic E-state index is 12.4. The highest BCUT2D eigenvalue weighted by atomic mass is 28.4. The zero-order valence-electron chi connectivity index (χ0n) is 12.9. The number of hydrogen-bond donors (Lipinski definition) is 0. The molecule has 1 aromatic carbocycles. The summed E-state index contributed by atoms with van der Waals surface area (Å²) in [5.41, 5.74) is 0.0611. The second-order valence-electron chi connectivity index (χ2n) is 6.91. The highest BCUT2D eigenvalue weighted by Gasteiger charge is 2.54. The van der Waals surface area contributed by atoms with Gasteiger partial charge in [0.25, 0.3) is 11.8 Å². The van der Waals surface area contributed by atoms with E-state index in [1.54, 1.807) is 24.3 Å². The number of carbonyl (C=O) groups is 2. The van der Waals surface area contributed by atoms with Crippen LogP contribution < -0.4 is 0 Å². The van der Waals surface area contributed by atoms with Crippen LogP contribution in [0.4, 0.5) is 0 Å². The molecule has 1 fully saturated rings. The van der Waals surface area contributed by atoms with Crippen LogP contribution in [0.15, 0.2) is 24.3 Å². The van der Waals surface area contributed by atoms with Gasteiger partial charge in [-0.25, -0.2) is 0 Å². The topological polar surface area (TPSA) is 70.4 Å². The van der Waals surface area contributed by atoms with E-state index >= 15 is 0 Å². The van der Waals surface area contributed by atoms with Crippen LogP contribution in [0.25, 0.3) is 0 Å². The number of benzene rings is 1. The summed E-state index contributed by atoms with van der Waals surface area (Å²) < 4.78 is 5.98. The van der Waals surface area contributed by atoms with Crippen LogP contribution in [0.3, 0.4) is 0 Å². The van der Waals surface area contributed by atoms with Crippen LogP contribution in [0.1, 0.15) is 33.6 Å². The van der Waals surface area contributed by atoms with Crippen LogP contribution in [-0.4, -0.2) is 36.7 Å². The molecule has 1 aliphatic carbocycles. The molecule has 0 bridgehead atoms. The largest absolute Gasteiger partial charge is 0.400 e. The van der Waals surface area contributed by atoms with Gasteiger partial charge in [-0.1, -0.05) is 12.1 Å². The molecule has 0 spiro atoms. The molecule has 0 aromatic heterocycles. The normalized spacial score (nSPS) is 27.4. The first-order valence-corrected chi connectivity index (χ1v) is 10.8. The molecule has 1 heterocycles. The maximum absolute atomic E-state index is 12.4. The molecule has 3 rings (SSSR count). The molecule has 0 radical (unpaired) electrons. The van der Waals surface area contributed by atoms with Crippen LogP contribution in [0.5, 0.6) is 0 Å². The van der Waals surface area contributed by atoms with E-state index in [9.17, 15) is 14.9 Å². The number of fused-ring (bicyclic) bond motifs is 1. The molecule has 114 valence electrons. The molecular weight excluding hydrogens is 296 g/mol. The Morgan fingerprint density at radius 3 is 2.09 bits per heavy atom. The third kappa shape index (κ3) is 2.27. The van der Waals surface area contributed by atoms with Crippen molar-refractivity contribution in [2.24, 2.45) is 0 Å². The zero-order chi connectivity index (χ0) is 16.1. The summed E-state index contributed by atoms with van der Waals surface area (Å²) >= 11 is 0. The third-order valence-corrected chi connectivity index (χ3v) is 5.03. The number of nitrogens with zero attached hydrogens (tertiary/aromatic N) is 2. The van der Waals surface area contributed by atoms with Crippen molar-refractivity contribution in [1.82, 2.24) is 4.90 Å². The summed E-state index contributed by atoms with van der Waals surface area (Å²) in [5.74, 6) is -0.518. The lowest BCUT2D eigenvalue weighted by molar-refractivity contribution is -0.0219. The Bertz CT molecular complexity index is 661. The van der Waals surface area contributed by atoms with Gasteiger partial charge in [0.15, 0.2) is 8.32 Å². The Balaban J connectivity index is 1.78. The predicted molar refractivity (Wildman–Crippen MR) is 82.7 cm³/mol. The van der Waals surface area contributed by atoms with Gasteiger partial charge in [-0.2, -0.15) is 5.26 Å². The summed E-state index contributed by atoms with van der Waals surface area (Å²) in [5, 5.41) is 9.42. The van der Waals surface area contributed by atoms with E-state index in [2.05, 4.69) is 6.07 Å². The van der Waals surface area contributed by atoms with Gasteiger partial charge in [-0.3, -0.25) is 14.5 Å². The predicted octanol–water partition coefficient (Wildman–Crippen LogP) is 2.56. The molecule has 0 saturated heterocycles. The Morgan fingerprint density at radius 1 is 1.18 bits per heavy atom. The van der Waals surface area contributed by atoms with Crippen molar-refractivity contribution in [2.75, 3.05) is 0 Å². The van der Waals surface area contributed by atoms with Crippen LogP contribution in [0.2, 0.25) is 19.6 Å². The Morgan fingerprint density at radius 2 is 1.68 bits per heavy atom. The third-order valence-electron chi connectivity index (χ3n) is 4.03. The highest BCUT2D eigenvalue weighted by Crippen LogP contribution is 2.43. The standard InChI is InChI=1S/C16H18N2O3Si/c1-22(2,3)21-16(10-17)8-11(9-16)18-14(19)12-6-4-5-7-13(12)15(18)20/h4-7,11H,8-9H2,1-3H3. The average Bonchev–Trinajstić information content (AvgIpc) is 2.66. The summed E-state index contributed by atoms with van der Waals surface area (Å²) in [7, 11) is -1.86. The second kappa shape index (κ2) is 4.76. The molecule has 1 saturated carbocycles. The van der Waals surface area contributed by atoms with Crippen LogP contribution in [-0.2, 0) is 4.43 Å². The molecule has 0 atom stereocenters. The van der Waals surface area contributed by atoms with Crippen molar-refractivity contribution < 1.29 is 14.0 Å². The van der Waals surface area contributed by atoms with E-state index in [4.69, 9.17) is 4.43 Å². The Hall–Kier alpha value is -1.97. The average molecular weight is 314 g/mol. The van der Waals surface area contributed by atoms with Crippen molar-refractivity contribution in [2.45, 2.75) is 44.1 Å². The minimum absolute atomic E-state index is 0.247. The van der Waals surface area contributed by atoms with E-state index in [0.29, 0.717) is 24.0 Å². The quantitative estimate of drug-likeness (QED) is 0.635. The molecule has 0 N–H and O–H groups in total. The van der Waals surface area contributed by atoms with Gasteiger partial charge in [0.1, 0.15) is 5.60 Å². The smallest absolute Gasteiger partial charge is 0.261 e. The number of nitriles is 1.